The van der Waals surface area contributed by atoms with Crippen molar-refractivity contribution in [1.29, 1.82) is 0 Å². The Morgan fingerprint density at radius 1 is 1.10 bits per heavy atom. The summed E-state index contributed by atoms with van der Waals surface area (Å²) >= 11 is 0. The standard InChI is InChI=1S/C24H30N4O/c1-19-10-7-8-16-27(19)17-9-15-25-23(29)18-28-22-14-6-5-13-21(22)24(26-28)20-11-3-2-4-12-20/h2-6,11-14,19H,7-10,15-18H2,1H3,(H,25,29)/t19-/m1/s1. The summed E-state index contributed by atoms with van der Waals surface area (Å²) < 4.78 is 1.82. The summed E-state index contributed by atoms with van der Waals surface area (Å²) in [6.07, 6.45) is 4.93. The summed E-state index contributed by atoms with van der Waals surface area (Å²) in [5, 5.41) is 8.91. The molecule has 0 aliphatic carbocycles. The lowest BCUT2D eigenvalue weighted by molar-refractivity contribution is -0.121. The van der Waals surface area contributed by atoms with Crippen LogP contribution in [0.15, 0.2) is 54.6 Å². The van der Waals surface area contributed by atoms with E-state index in [1.807, 2.05) is 41.1 Å². The highest BCUT2D eigenvalue weighted by Gasteiger charge is 2.17. The predicted octanol–water partition coefficient (Wildman–Crippen LogP) is 4.08. The van der Waals surface area contributed by atoms with Crippen molar-refractivity contribution in [2.45, 2.75) is 45.2 Å². The summed E-state index contributed by atoms with van der Waals surface area (Å²) in [5.41, 5.74) is 2.98. The number of hydrogen-bond donors (Lipinski definition) is 1. The fourth-order valence-corrected chi connectivity index (χ4v) is 4.25. The van der Waals surface area contributed by atoms with Crippen LogP contribution in [0.1, 0.15) is 32.6 Å². The van der Waals surface area contributed by atoms with Crippen LogP contribution < -0.4 is 5.32 Å². The number of hydrogen-bond acceptors (Lipinski definition) is 3. The first kappa shape index (κ1) is 19.6. The molecule has 5 heteroatoms. The number of piperidine rings is 1. The molecular formula is C24H30N4O. The van der Waals surface area contributed by atoms with Gasteiger partial charge in [0.05, 0.1) is 5.52 Å². The van der Waals surface area contributed by atoms with Gasteiger partial charge in [-0.3, -0.25) is 9.48 Å². The van der Waals surface area contributed by atoms with E-state index < -0.39 is 0 Å². The van der Waals surface area contributed by atoms with E-state index >= 15 is 0 Å². The Morgan fingerprint density at radius 2 is 1.90 bits per heavy atom. The van der Waals surface area contributed by atoms with Crippen molar-refractivity contribution >= 4 is 16.8 Å². The number of carbonyl (C=O) groups is 1. The zero-order valence-electron chi connectivity index (χ0n) is 17.2. The van der Waals surface area contributed by atoms with Gasteiger partial charge in [0.2, 0.25) is 5.91 Å². The second-order valence-electron chi connectivity index (χ2n) is 7.97. The van der Waals surface area contributed by atoms with Crippen molar-refractivity contribution in [2.24, 2.45) is 0 Å². The van der Waals surface area contributed by atoms with Gasteiger partial charge in [-0.25, -0.2) is 0 Å². The van der Waals surface area contributed by atoms with E-state index in [1.54, 1.807) is 0 Å². The van der Waals surface area contributed by atoms with E-state index in [0.29, 0.717) is 12.6 Å². The Morgan fingerprint density at radius 3 is 2.72 bits per heavy atom. The van der Waals surface area contributed by atoms with Gasteiger partial charge < -0.3 is 10.2 Å². The third-order valence-electron chi connectivity index (χ3n) is 5.88. The van der Waals surface area contributed by atoms with Gasteiger partial charge >= 0.3 is 0 Å². The van der Waals surface area contributed by atoms with Gasteiger partial charge in [0.25, 0.3) is 0 Å². The third kappa shape index (κ3) is 4.67. The molecule has 1 fully saturated rings. The van der Waals surface area contributed by atoms with Crippen LogP contribution in [-0.2, 0) is 11.3 Å². The number of benzene rings is 2. The largest absolute Gasteiger partial charge is 0.354 e. The van der Waals surface area contributed by atoms with E-state index in [-0.39, 0.29) is 12.5 Å². The molecule has 1 saturated heterocycles. The number of carbonyl (C=O) groups excluding carboxylic acids is 1. The number of para-hydroxylation sites is 1. The van der Waals surface area contributed by atoms with Crippen molar-refractivity contribution in [1.82, 2.24) is 20.0 Å². The lowest BCUT2D eigenvalue weighted by atomic mass is 10.0. The van der Waals surface area contributed by atoms with Gasteiger partial charge in [0, 0.05) is 30.1 Å². The highest BCUT2D eigenvalue weighted by atomic mass is 16.2. The zero-order chi connectivity index (χ0) is 20.1. The van der Waals surface area contributed by atoms with Crippen molar-refractivity contribution in [3.8, 4) is 11.3 Å². The lowest BCUT2D eigenvalue weighted by Crippen LogP contribution is -2.39. The molecule has 2 heterocycles. The Kier molecular flexibility index (Phi) is 6.25. The Bertz CT molecular complexity index is 950. The summed E-state index contributed by atoms with van der Waals surface area (Å²) in [6.45, 7) is 5.52. The number of likely N-dealkylation sites (tertiary alicyclic amines) is 1. The predicted molar refractivity (Wildman–Crippen MR) is 118 cm³/mol. The molecule has 0 unspecified atom stereocenters. The van der Waals surface area contributed by atoms with Crippen molar-refractivity contribution in [3.63, 3.8) is 0 Å². The molecule has 1 atom stereocenters. The molecule has 29 heavy (non-hydrogen) atoms. The molecule has 1 N–H and O–H groups in total. The maximum Gasteiger partial charge on any atom is 0.241 e. The van der Waals surface area contributed by atoms with Crippen LogP contribution >= 0.6 is 0 Å². The summed E-state index contributed by atoms with van der Waals surface area (Å²) in [6, 6.07) is 18.9. The summed E-state index contributed by atoms with van der Waals surface area (Å²) in [7, 11) is 0. The van der Waals surface area contributed by atoms with E-state index in [9.17, 15) is 4.79 Å². The fourth-order valence-electron chi connectivity index (χ4n) is 4.25. The molecule has 1 amide bonds. The van der Waals surface area contributed by atoms with E-state index in [0.717, 1.165) is 35.1 Å². The number of rotatable bonds is 7. The number of nitrogens with one attached hydrogen (secondary N) is 1. The topological polar surface area (TPSA) is 50.2 Å². The van der Waals surface area contributed by atoms with Crippen LogP contribution in [0.5, 0.6) is 0 Å². The fraction of sp³-hybridized carbons (Fsp3) is 0.417. The van der Waals surface area contributed by atoms with Gasteiger partial charge in [0.15, 0.2) is 0 Å². The number of amides is 1. The first-order valence-electron chi connectivity index (χ1n) is 10.7. The van der Waals surface area contributed by atoms with E-state index in [4.69, 9.17) is 5.10 Å². The number of aromatic nitrogens is 2. The highest BCUT2D eigenvalue weighted by Crippen LogP contribution is 2.27. The van der Waals surface area contributed by atoms with Gasteiger partial charge in [0.1, 0.15) is 12.2 Å². The molecule has 0 saturated carbocycles. The minimum Gasteiger partial charge on any atom is -0.354 e. The molecule has 0 spiro atoms. The average molecular weight is 391 g/mol. The van der Waals surface area contributed by atoms with Crippen molar-refractivity contribution < 1.29 is 4.79 Å². The van der Waals surface area contributed by atoms with E-state index in [1.165, 1.54) is 25.8 Å². The first-order chi connectivity index (χ1) is 14.2. The van der Waals surface area contributed by atoms with Gasteiger partial charge in [-0.05, 0) is 38.8 Å². The zero-order valence-corrected chi connectivity index (χ0v) is 17.2. The summed E-state index contributed by atoms with van der Waals surface area (Å²) in [4.78, 5) is 15.1. The molecule has 3 aromatic rings. The van der Waals surface area contributed by atoms with Crippen LogP contribution in [0.2, 0.25) is 0 Å². The molecule has 1 aliphatic rings. The monoisotopic (exact) mass is 390 g/mol. The normalized spacial score (nSPS) is 17.5. The molecule has 1 aromatic heterocycles. The number of nitrogens with zero attached hydrogens (tertiary/aromatic N) is 3. The molecule has 0 bridgehead atoms. The minimum atomic E-state index is 0.0181. The third-order valence-corrected chi connectivity index (χ3v) is 5.88. The molecular weight excluding hydrogens is 360 g/mol. The van der Waals surface area contributed by atoms with E-state index in [2.05, 4.69) is 35.3 Å². The van der Waals surface area contributed by atoms with Gasteiger partial charge in [-0.2, -0.15) is 5.10 Å². The molecule has 152 valence electrons. The maximum atomic E-state index is 12.5. The number of fused-ring (bicyclic) bond motifs is 1. The molecule has 4 rings (SSSR count). The van der Waals surface area contributed by atoms with Crippen LogP contribution in [-0.4, -0.2) is 46.3 Å². The SMILES string of the molecule is C[C@@H]1CCCCN1CCCNC(=O)Cn1nc(-c2ccccc2)c2ccccc21. The molecule has 5 nitrogen and oxygen atoms in total. The lowest BCUT2D eigenvalue weighted by Gasteiger charge is -2.33. The Hall–Kier alpha value is -2.66. The minimum absolute atomic E-state index is 0.0181. The van der Waals surface area contributed by atoms with Crippen LogP contribution in [0.4, 0.5) is 0 Å². The Balaban J connectivity index is 1.37. The quantitative estimate of drug-likeness (QED) is 0.619. The molecule has 0 radical (unpaired) electrons. The average Bonchev–Trinajstić information content (AvgIpc) is 3.11. The van der Waals surface area contributed by atoms with Crippen molar-refractivity contribution in [2.75, 3.05) is 19.6 Å². The van der Waals surface area contributed by atoms with Crippen LogP contribution in [0, 0.1) is 0 Å². The van der Waals surface area contributed by atoms with Gasteiger partial charge in [-0.15, -0.1) is 0 Å². The Labute approximate surface area is 172 Å². The second kappa shape index (κ2) is 9.23. The van der Waals surface area contributed by atoms with Crippen molar-refractivity contribution in [3.05, 3.63) is 54.6 Å². The smallest absolute Gasteiger partial charge is 0.241 e. The van der Waals surface area contributed by atoms with Crippen LogP contribution in [0.25, 0.3) is 22.2 Å². The summed E-state index contributed by atoms with van der Waals surface area (Å²) in [5.74, 6) is 0.0181. The van der Waals surface area contributed by atoms with Gasteiger partial charge in [-0.1, -0.05) is 55.0 Å². The second-order valence-corrected chi connectivity index (χ2v) is 7.97. The highest BCUT2D eigenvalue weighted by molar-refractivity contribution is 5.94. The molecule has 2 aromatic carbocycles. The first-order valence-corrected chi connectivity index (χ1v) is 10.7. The molecule has 1 aliphatic heterocycles. The van der Waals surface area contributed by atoms with Crippen LogP contribution in [0.3, 0.4) is 0 Å². The maximum absolute atomic E-state index is 12.5.